The molecule has 1 saturated heterocycles. The number of benzene rings is 2. The molecule has 3 rings (SSSR count). The lowest BCUT2D eigenvalue weighted by Crippen LogP contribution is -2.38. The summed E-state index contributed by atoms with van der Waals surface area (Å²) < 4.78 is 0. The average molecular weight is 357 g/mol. The van der Waals surface area contributed by atoms with Crippen LogP contribution < -0.4 is 5.32 Å². The first-order valence-electron chi connectivity index (χ1n) is 8.70. The summed E-state index contributed by atoms with van der Waals surface area (Å²) in [5.74, 6) is 0.574. The first-order chi connectivity index (χ1) is 12.1. The van der Waals surface area contributed by atoms with E-state index in [1.807, 2.05) is 54.2 Å². The fourth-order valence-corrected chi connectivity index (χ4v) is 4.42. The van der Waals surface area contributed by atoms with Crippen molar-refractivity contribution >= 4 is 34.4 Å². The minimum absolute atomic E-state index is 0.00414. The Hall–Kier alpha value is -2.01. The van der Waals surface area contributed by atoms with Gasteiger partial charge in [0, 0.05) is 12.5 Å². The third-order valence-corrected chi connectivity index (χ3v) is 5.86. The van der Waals surface area contributed by atoms with Gasteiger partial charge in [-0.3, -0.25) is 9.59 Å². The molecule has 132 valence electrons. The van der Waals surface area contributed by atoms with E-state index in [-0.39, 0.29) is 18.4 Å². The zero-order valence-corrected chi connectivity index (χ0v) is 14.9. The van der Waals surface area contributed by atoms with Crippen molar-refractivity contribution < 1.29 is 14.7 Å². The highest BCUT2D eigenvalue weighted by atomic mass is 32.2. The lowest BCUT2D eigenvalue weighted by atomic mass is 9.94. The average Bonchev–Trinajstić information content (AvgIpc) is 2.65. The number of carbonyl (C=O) groups excluding carboxylic acids is 1. The van der Waals surface area contributed by atoms with Crippen LogP contribution in [0.4, 0.5) is 0 Å². The smallest absolute Gasteiger partial charge is 0.308 e. The largest absolute Gasteiger partial charge is 0.481 e. The topological polar surface area (TPSA) is 66.4 Å². The first-order valence-corrected chi connectivity index (χ1v) is 9.85. The molecule has 1 fully saturated rings. The van der Waals surface area contributed by atoms with Gasteiger partial charge in [-0.25, -0.2) is 0 Å². The summed E-state index contributed by atoms with van der Waals surface area (Å²) in [6, 6.07) is 13.9. The second kappa shape index (κ2) is 8.39. The van der Waals surface area contributed by atoms with Crippen molar-refractivity contribution in [2.75, 3.05) is 18.1 Å². The second-order valence-electron chi connectivity index (χ2n) is 6.51. The number of aliphatic carboxylic acids is 1. The summed E-state index contributed by atoms with van der Waals surface area (Å²) in [7, 11) is 0. The van der Waals surface area contributed by atoms with E-state index in [2.05, 4.69) is 5.32 Å². The molecule has 25 heavy (non-hydrogen) atoms. The molecule has 2 N–H and O–H groups in total. The summed E-state index contributed by atoms with van der Waals surface area (Å²) >= 11 is 1.87. The van der Waals surface area contributed by atoms with Crippen LogP contribution in [0.25, 0.3) is 10.8 Å². The molecule has 2 aromatic carbocycles. The summed E-state index contributed by atoms with van der Waals surface area (Å²) in [6.45, 7) is 0.182. The molecule has 1 aliphatic rings. The highest BCUT2D eigenvalue weighted by Gasteiger charge is 2.24. The van der Waals surface area contributed by atoms with E-state index in [0.717, 1.165) is 40.7 Å². The van der Waals surface area contributed by atoms with Crippen molar-refractivity contribution in [2.45, 2.75) is 19.3 Å². The number of amides is 1. The molecule has 5 heteroatoms. The Balaban J connectivity index is 1.67. The summed E-state index contributed by atoms with van der Waals surface area (Å²) in [4.78, 5) is 24.0. The molecular formula is C20H23NO3S. The Kier molecular flexibility index (Phi) is 5.97. The standard InChI is InChI=1S/C20H23NO3S/c22-19(15-8-10-25-11-9-15)21-13-17(20(23)24)12-16-6-3-5-14-4-1-2-7-18(14)16/h1-7,15,17H,8-13H2,(H,21,22)(H,23,24). The normalized spacial score (nSPS) is 16.5. The minimum atomic E-state index is -0.868. The zero-order chi connectivity index (χ0) is 17.6. The van der Waals surface area contributed by atoms with Crippen LogP contribution in [0.3, 0.4) is 0 Å². The fraction of sp³-hybridized carbons (Fsp3) is 0.400. The van der Waals surface area contributed by atoms with Crippen LogP contribution in [0.2, 0.25) is 0 Å². The van der Waals surface area contributed by atoms with Gasteiger partial charge >= 0.3 is 5.97 Å². The molecule has 4 nitrogen and oxygen atoms in total. The number of rotatable bonds is 6. The van der Waals surface area contributed by atoms with Crippen LogP contribution in [0, 0.1) is 11.8 Å². The van der Waals surface area contributed by atoms with Crippen molar-refractivity contribution in [1.82, 2.24) is 5.32 Å². The molecule has 2 aromatic rings. The van der Waals surface area contributed by atoms with Gasteiger partial charge in [0.1, 0.15) is 0 Å². The van der Waals surface area contributed by atoms with Gasteiger partial charge in [-0.1, -0.05) is 42.5 Å². The molecule has 1 aliphatic heterocycles. The summed E-state index contributed by atoms with van der Waals surface area (Å²) in [5.41, 5.74) is 1.01. The number of nitrogens with one attached hydrogen (secondary N) is 1. The molecule has 1 heterocycles. The van der Waals surface area contributed by atoms with Gasteiger partial charge in [-0.05, 0) is 47.1 Å². The SMILES string of the molecule is O=C(O)C(CNC(=O)C1CCSCC1)Cc1cccc2ccccc12. The Morgan fingerprint density at radius 2 is 1.84 bits per heavy atom. The van der Waals surface area contributed by atoms with Crippen LogP contribution in [0.5, 0.6) is 0 Å². The van der Waals surface area contributed by atoms with E-state index < -0.39 is 11.9 Å². The van der Waals surface area contributed by atoms with Crippen LogP contribution in [0.15, 0.2) is 42.5 Å². The predicted molar refractivity (Wildman–Crippen MR) is 102 cm³/mol. The first kappa shape index (κ1) is 17.8. The third kappa shape index (κ3) is 4.54. The van der Waals surface area contributed by atoms with E-state index in [1.165, 1.54) is 0 Å². The molecule has 0 aromatic heterocycles. The van der Waals surface area contributed by atoms with E-state index in [4.69, 9.17) is 0 Å². The Labute approximate surface area is 152 Å². The number of hydrogen-bond acceptors (Lipinski definition) is 3. The number of carbonyl (C=O) groups is 2. The van der Waals surface area contributed by atoms with Crippen LogP contribution >= 0.6 is 11.8 Å². The molecule has 1 atom stereocenters. The van der Waals surface area contributed by atoms with E-state index in [9.17, 15) is 14.7 Å². The van der Waals surface area contributed by atoms with Crippen molar-refractivity contribution in [1.29, 1.82) is 0 Å². The molecule has 0 bridgehead atoms. The van der Waals surface area contributed by atoms with Crippen molar-refractivity contribution in [2.24, 2.45) is 11.8 Å². The van der Waals surface area contributed by atoms with Crippen molar-refractivity contribution in [3.05, 3.63) is 48.0 Å². The minimum Gasteiger partial charge on any atom is -0.481 e. The molecule has 0 saturated carbocycles. The summed E-state index contributed by atoms with van der Waals surface area (Å²) in [5, 5.41) is 14.6. The van der Waals surface area contributed by atoms with Crippen LogP contribution in [0.1, 0.15) is 18.4 Å². The van der Waals surface area contributed by atoms with Crippen LogP contribution in [-0.4, -0.2) is 35.0 Å². The van der Waals surface area contributed by atoms with Gasteiger partial charge in [0.25, 0.3) is 0 Å². The molecule has 0 radical (unpaired) electrons. The maximum atomic E-state index is 12.3. The number of hydrogen-bond donors (Lipinski definition) is 2. The maximum Gasteiger partial charge on any atom is 0.308 e. The van der Waals surface area contributed by atoms with Gasteiger partial charge in [0.05, 0.1) is 5.92 Å². The van der Waals surface area contributed by atoms with Gasteiger partial charge in [-0.15, -0.1) is 0 Å². The van der Waals surface area contributed by atoms with Gasteiger partial charge in [-0.2, -0.15) is 11.8 Å². The molecule has 1 unspecified atom stereocenters. The highest BCUT2D eigenvalue weighted by molar-refractivity contribution is 7.99. The number of thioether (sulfide) groups is 1. The monoisotopic (exact) mass is 357 g/mol. The van der Waals surface area contributed by atoms with E-state index >= 15 is 0 Å². The second-order valence-corrected chi connectivity index (χ2v) is 7.73. The lowest BCUT2D eigenvalue weighted by molar-refractivity contribution is -0.141. The molecule has 0 spiro atoms. The van der Waals surface area contributed by atoms with E-state index in [1.54, 1.807) is 0 Å². The fourth-order valence-electron chi connectivity index (χ4n) is 3.31. The van der Waals surface area contributed by atoms with E-state index in [0.29, 0.717) is 6.42 Å². The van der Waals surface area contributed by atoms with Crippen LogP contribution in [-0.2, 0) is 16.0 Å². The lowest BCUT2D eigenvalue weighted by Gasteiger charge is -2.22. The Morgan fingerprint density at radius 1 is 1.12 bits per heavy atom. The molecule has 0 aliphatic carbocycles. The highest BCUT2D eigenvalue weighted by Crippen LogP contribution is 2.23. The maximum absolute atomic E-state index is 12.3. The number of fused-ring (bicyclic) bond motifs is 1. The number of carboxylic acid groups (broad SMARTS) is 1. The predicted octanol–water partition coefficient (Wildman–Crippen LogP) is 3.34. The van der Waals surface area contributed by atoms with Crippen molar-refractivity contribution in [3.63, 3.8) is 0 Å². The van der Waals surface area contributed by atoms with Crippen molar-refractivity contribution in [3.8, 4) is 0 Å². The third-order valence-electron chi connectivity index (χ3n) is 4.81. The van der Waals surface area contributed by atoms with Gasteiger partial charge in [0.15, 0.2) is 0 Å². The quantitative estimate of drug-likeness (QED) is 0.832. The molecule has 1 amide bonds. The molecular weight excluding hydrogens is 334 g/mol. The Bertz CT molecular complexity index is 750. The number of carboxylic acids is 1. The summed E-state index contributed by atoms with van der Waals surface area (Å²) in [6.07, 6.45) is 2.19. The van der Waals surface area contributed by atoms with Gasteiger partial charge < -0.3 is 10.4 Å². The van der Waals surface area contributed by atoms with Gasteiger partial charge in [0.2, 0.25) is 5.91 Å². The zero-order valence-electron chi connectivity index (χ0n) is 14.1. The Morgan fingerprint density at radius 3 is 2.60 bits per heavy atom.